The zero-order valence-corrected chi connectivity index (χ0v) is 18.0. The number of benzene rings is 2. The molecule has 6 rings (SSSR count). The van der Waals surface area contributed by atoms with Crippen molar-refractivity contribution >= 4 is 16.8 Å². The summed E-state index contributed by atoms with van der Waals surface area (Å²) in [5, 5.41) is 5.62. The van der Waals surface area contributed by atoms with E-state index in [1.54, 1.807) is 17.9 Å². The number of amides is 1. The standard InChI is InChI=1S/C25H21F2N5O/c1-31-24(16-7-17(26)10-18(27)8-16)20-11-19-3-2-4-22(23(20)30-31)32(19)25(33)14-5-6-15-12-28-13-29-21(15)9-14/h5-10,12-13,19,22H,2-4,11H2,1H3/t19-,22+/m1/s1. The average molecular weight is 445 g/mol. The minimum Gasteiger partial charge on any atom is -0.327 e. The van der Waals surface area contributed by atoms with Gasteiger partial charge in [-0.1, -0.05) is 6.07 Å². The lowest BCUT2D eigenvalue weighted by molar-refractivity contribution is 0.0392. The van der Waals surface area contributed by atoms with Crippen molar-refractivity contribution in [2.24, 2.45) is 7.05 Å². The highest BCUT2D eigenvalue weighted by atomic mass is 19.1. The van der Waals surface area contributed by atoms with Gasteiger partial charge >= 0.3 is 0 Å². The van der Waals surface area contributed by atoms with E-state index in [9.17, 15) is 13.6 Å². The first-order valence-corrected chi connectivity index (χ1v) is 11.0. The molecular weight excluding hydrogens is 424 g/mol. The highest BCUT2D eigenvalue weighted by Crippen LogP contribution is 2.45. The summed E-state index contributed by atoms with van der Waals surface area (Å²) >= 11 is 0. The van der Waals surface area contributed by atoms with E-state index in [1.165, 1.54) is 18.5 Å². The van der Waals surface area contributed by atoms with Crippen LogP contribution in [0.4, 0.5) is 8.78 Å². The van der Waals surface area contributed by atoms with Crippen LogP contribution in [-0.2, 0) is 13.5 Å². The summed E-state index contributed by atoms with van der Waals surface area (Å²) < 4.78 is 29.6. The zero-order valence-electron chi connectivity index (χ0n) is 18.0. The molecule has 0 spiro atoms. The largest absolute Gasteiger partial charge is 0.327 e. The van der Waals surface area contributed by atoms with Crippen molar-refractivity contribution in [2.45, 2.75) is 37.8 Å². The molecule has 33 heavy (non-hydrogen) atoms. The molecule has 0 aliphatic carbocycles. The maximum atomic E-state index is 13.9. The molecule has 0 N–H and O–H groups in total. The van der Waals surface area contributed by atoms with E-state index in [0.29, 0.717) is 17.5 Å². The summed E-state index contributed by atoms with van der Waals surface area (Å²) in [6.45, 7) is 0. The molecule has 0 radical (unpaired) electrons. The molecule has 2 aromatic carbocycles. The number of halogens is 2. The average Bonchev–Trinajstić information content (AvgIpc) is 3.13. The van der Waals surface area contributed by atoms with Gasteiger partial charge in [0.2, 0.25) is 0 Å². The van der Waals surface area contributed by atoms with Crippen molar-refractivity contribution in [2.75, 3.05) is 0 Å². The summed E-state index contributed by atoms with van der Waals surface area (Å²) in [5.41, 5.74) is 4.31. The van der Waals surface area contributed by atoms with Crippen LogP contribution in [0.2, 0.25) is 0 Å². The summed E-state index contributed by atoms with van der Waals surface area (Å²) in [7, 11) is 1.79. The third-order valence-corrected chi connectivity index (χ3v) is 6.80. The fourth-order valence-electron chi connectivity index (χ4n) is 5.46. The number of fused-ring (bicyclic) bond motifs is 5. The molecule has 4 aromatic rings. The van der Waals surface area contributed by atoms with E-state index in [0.717, 1.165) is 53.2 Å². The number of aromatic nitrogens is 4. The molecular formula is C25H21F2N5O. The third-order valence-electron chi connectivity index (χ3n) is 6.80. The molecule has 2 aromatic heterocycles. The smallest absolute Gasteiger partial charge is 0.254 e. The molecule has 0 unspecified atom stereocenters. The first-order valence-electron chi connectivity index (χ1n) is 11.0. The Morgan fingerprint density at radius 2 is 1.91 bits per heavy atom. The fourth-order valence-corrected chi connectivity index (χ4v) is 5.46. The van der Waals surface area contributed by atoms with Gasteiger partial charge in [0, 0.05) is 47.4 Å². The molecule has 2 bridgehead atoms. The molecule has 2 atom stereocenters. The van der Waals surface area contributed by atoms with Crippen molar-refractivity contribution in [3.8, 4) is 11.3 Å². The van der Waals surface area contributed by atoms with Gasteiger partial charge in [-0.05, 0) is 49.9 Å². The normalized spacial score (nSPS) is 19.5. The Bertz CT molecular complexity index is 1400. The monoisotopic (exact) mass is 445 g/mol. The number of hydrogen-bond acceptors (Lipinski definition) is 4. The van der Waals surface area contributed by atoms with E-state index >= 15 is 0 Å². The number of hydrogen-bond donors (Lipinski definition) is 0. The van der Waals surface area contributed by atoms with E-state index in [4.69, 9.17) is 5.10 Å². The number of piperidine rings is 1. The van der Waals surface area contributed by atoms with Gasteiger partial charge in [0.15, 0.2) is 0 Å². The second kappa shape index (κ2) is 7.43. The lowest BCUT2D eigenvalue weighted by Gasteiger charge is -2.45. The second-order valence-corrected chi connectivity index (χ2v) is 8.81. The van der Waals surface area contributed by atoms with E-state index < -0.39 is 11.6 Å². The third kappa shape index (κ3) is 3.20. The van der Waals surface area contributed by atoms with Crippen molar-refractivity contribution in [1.82, 2.24) is 24.6 Å². The Hall–Kier alpha value is -3.68. The maximum absolute atomic E-state index is 13.9. The summed E-state index contributed by atoms with van der Waals surface area (Å²) in [6, 6.07) is 8.88. The number of nitrogens with zero attached hydrogens (tertiary/aromatic N) is 5. The quantitative estimate of drug-likeness (QED) is 0.452. The van der Waals surface area contributed by atoms with Gasteiger partial charge in [0.05, 0.1) is 22.9 Å². The van der Waals surface area contributed by atoms with Gasteiger partial charge < -0.3 is 4.90 Å². The second-order valence-electron chi connectivity index (χ2n) is 8.81. The molecule has 1 saturated heterocycles. The molecule has 2 aliphatic rings. The molecule has 4 heterocycles. The summed E-state index contributed by atoms with van der Waals surface area (Å²) in [4.78, 5) is 23.9. The van der Waals surface area contributed by atoms with E-state index in [1.807, 2.05) is 23.1 Å². The van der Waals surface area contributed by atoms with Crippen molar-refractivity contribution in [3.05, 3.63) is 77.4 Å². The molecule has 166 valence electrons. The van der Waals surface area contributed by atoms with Gasteiger partial charge in [-0.15, -0.1) is 0 Å². The van der Waals surface area contributed by atoms with Gasteiger partial charge in [-0.25, -0.2) is 18.7 Å². The van der Waals surface area contributed by atoms with Gasteiger partial charge in [0.25, 0.3) is 5.91 Å². The fraction of sp³-hybridized carbons (Fsp3) is 0.280. The SMILES string of the molecule is Cn1nc2c(c1-c1cc(F)cc(F)c1)C[C@H]1CCC[C@@H]2N1C(=O)c1ccc2cncnc2c1. The lowest BCUT2D eigenvalue weighted by atomic mass is 9.81. The van der Waals surface area contributed by atoms with Crippen molar-refractivity contribution < 1.29 is 13.6 Å². The lowest BCUT2D eigenvalue weighted by Crippen LogP contribution is -2.49. The van der Waals surface area contributed by atoms with Crippen LogP contribution in [-0.4, -0.2) is 36.6 Å². The molecule has 8 heteroatoms. The minimum absolute atomic E-state index is 0.00574. The predicted octanol–water partition coefficient (Wildman–Crippen LogP) is 4.60. The van der Waals surface area contributed by atoms with Crippen LogP contribution in [0, 0.1) is 11.6 Å². The first kappa shape index (κ1) is 20.0. The van der Waals surface area contributed by atoms with Gasteiger partial charge in [-0.2, -0.15) is 5.10 Å². The molecule has 1 amide bonds. The summed E-state index contributed by atoms with van der Waals surface area (Å²) in [6.07, 6.45) is 6.49. The van der Waals surface area contributed by atoms with Crippen LogP contribution in [0.15, 0.2) is 48.9 Å². The van der Waals surface area contributed by atoms with Crippen LogP contribution in [0.3, 0.4) is 0 Å². The Morgan fingerprint density at radius 1 is 1.09 bits per heavy atom. The number of rotatable bonds is 2. The maximum Gasteiger partial charge on any atom is 0.254 e. The Balaban J connectivity index is 1.42. The number of aryl methyl sites for hydroxylation is 1. The zero-order chi connectivity index (χ0) is 22.7. The minimum atomic E-state index is -0.618. The highest BCUT2D eigenvalue weighted by Gasteiger charge is 2.43. The van der Waals surface area contributed by atoms with E-state index in [-0.39, 0.29) is 18.0 Å². The molecule has 2 aliphatic heterocycles. The molecule has 1 fully saturated rings. The van der Waals surface area contributed by atoms with Crippen LogP contribution in [0.25, 0.3) is 22.2 Å². The van der Waals surface area contributed by atoms with Crippen molar-refractivity contribution in [3.63, 3.8) is 0 Å². The number of carbonyl (C=O) groups excluding carboxylic acids is 1. The van der Waals surface area contributed by atoms with E-state index in [2.05, 4.69) is 9.97 Å². The predicted molar refractivity (Wildman–Crippen MR) is 118 cm³/mol. The number of carbonyl (C=O) groups is 1. The first-order chi connectivity index (χ1) is 16.0. The van der Waals surface area contributed by atoms with Crippen LogP contribution < -0.4 is 0 Å². The van der Waals surface area contributed by atoms with Crippen LogP contribution in [0.5, 0.6) is 0 Å². The Labute approximate surface area is 188 Å². The Kier molecular flexibility index (Phi) is 4.50. The van der Waals surface area contributed by atoms with Crippen molar-refractivity contribution in [1.29, 1.82) is 0 Å². The summed E-state index contributed by atoms with van der Waals surface area (Å²) in [5.74, 6) is -1.28. The molecule has 0 saturated carbocycles. The Morgan fingerprint density at radius 3 is 2.73 bits per heavy atom. The van der Waals surface area contributed by atoms with Gasteiger partial charge in [0.1, 0.15) is 18.0 Å². The van der Waals surface area contributed by atoms with Gasteiger partial charge in [-0.3, -0.25) is 9.48 Å². The molecule has 6 nitrogen and oxygen atoms in total. The highest BCUT2D eigenvalue weighted by molar-refractivity contribution is 5.98. The van der Waals surface area contributed by atoms with Crippen LogP contribution in [0.1, 0.15) is 46.9 Å². The van der Waals surface area contributed by atoms with Crippen LogP contribution >= 0.6 is 0 Å². The topological polar surface area (TPSA) is 63.9 Å².